The monoisotopic (exact) mass is 361 g/mol. The third-order valence-corrected chi connectivity index (χ3v) is 3.16. The van der Waals surface area contributed by atoms with Gasteiger partial charge in [-0.3, -0.25) is 14.9 Å². The van der Waals surface area contributed by atoms with E-state index in [2.05, 4.69) is 0 Å². The second kappa shape index (κ2) is 6.58. The molecule has 132 valence electrons. The molecular formula is C16H9F6NO2. The standard InChI is InChI=1S/C16H9F6NO2/c17-15(18,19)10-6-7-11(12(8-10)16(20,21)22)14(25)23-13(24)9-4-2-1-3-5-9/h1-8H,(H,23,24,25). The fraction of sp³-hybridized carbons (Fsp3) is 0.125. The zero-order valence-electron chi connectivity index (χ0n) is 12.2. The number of hydrogen-bond donors (Lipinski definition) is 1. The van der Waals surface area contributed by atoms with Crippen LogP contribution in [0.1, 0.15) is 31.8 Å². The number of alkyl halides is 6. The van der Waals surface area contributed by atoms with Crippen molar-refractivity contribution in [2.45, 2.75) is 12.4 Å². The largest absolute Gasteiger partial charge is 0.417 e. The molecule has 0 heterocycles. The number of carbonyl (C=O) groups is 2. The first-order chi connectivity index (χ1) is 11.5. The first-order valence-electron chi connectivity index (χ1n) is 6.69. The van der Waals surface area contributed by atoms with Crippen LogP contribution < -0.4 is 5.32 Å². The molecule has 9 heteroatoms. The van der Waals surface area contributed by atoms with Crippen LogP contribution >= 0.6 is 0 Å². The number of rotatable bonds is 2. The van der Waals surface area contributed by atoms with Gasteiger partial charge in [0.15, 0.2) is 0 Å². The lowest BCUT2D eigenvalue weighted by Crippen LogP contribution is -2.32. The zero-order valence-corrected chi connectivity index (χ0v) is 12.2. The van der Waals surface area contributed by atoms with E-state index in [1.807, 2.05) is 0 Å². The van der Waals surface area contributed by atoms with Crippen LogP contribution in [0.4, 0.5) is 26.3 Å². The molecule has 2 aromatic rings. The van der Waals surface area contributed by atoms with Crippen LogP contribution in [0.15, 0.2) is 48.5 Å². The molecule has 0 unspecified atom stereocenters. The number of halogens is 6. The fourth-order valence-corrected chi connectivity index (χ4v) is 1.99. The number of amides is 2. The minimum atomic E-state index is -5.20. The normalized spacial score (nSPS) is 11.9. The highest BCUT2D eigenvalue weighted by Gasteiger charge is 2.39. The Hall–Kier alpha value is -2.84. The molecule has 2 rings (SSSR count). The predicted octanol–water partition coefficient (Wildman–Crippen LogP) is 4.29. The molecule has 3 nitrogen and oxygen atoms in total. The molecular weight excluding hydrogens is 352 g/mol. The van der Waals surface area contributed by atoms with E-state index in [1.54, 1.807) is 11.4 Å². The molecule has 2 amide bonds. The maximum absolute atomic E-state index is 13.0. The van der Waals surface area contributed by atoms with Gasteiger partial charge in [0.05, 0.1) is 16.7 Å². The van der Waals surface area contributed by atoms with Crippen molar-refractivity contribution in [2.75, 3.05) is 0 Å². The van der Waals surface area contributed by atoms with E-state index in [0.29, 0.717) is 12.1 Å². The Bertz CT molecular complexity index is 797. The molecule has 0 aliphatic carbocycles. The van der Waals surface area contributed by atoms with Gasteiger partial charge in [0, 0.05) is 5.56 Å². The molecule has 0 bridgehead atoms. The number of benzene rings is 2. The molecule has 0 aromatic heterocycles. The molecule has 1 N–H and O–H groups in total. The Morgan fingerprint density at radius 1 is 0.760 bits per heavy atom. The lowest BCUT2D eigenvalue weighted by atomic mass is 10.0. The summed E-state index contributed by atoms with van der Waals surface area (Å²) in [6, 6.07) is 7.73. The van der Waals surface area contributed by atoms with Crippen molar-refractivity contribution in [1.29, 1.82) is 0 Å². The average Bonchev–Trinajstić information content (AvgIpc) is 2.53. The summed E-state index contributed by atoms with van der Waals surface area (Å²) in [7, 11) is 0. The van der Waals surface area contributed by atoms with Crippen LogP contribution in [0.25, 0.3) is 0 Å². The summed E-state index contributed by atoms with van der Waals surface area (Å²) in [6.45, 7) is 0. The minimum absolute atomic E-state index is 0.0105. The van der Waals surface area contributed by atoms with Gasteiger partial charge in [0.25, 0.3) is 11.8 Å². The van der Waals surface area contributed by atoms with Gasteiger partial charge in [0.1, 0.15) is 0 Å². The summed E-state index contributed by atoms with van der Waals surface area (Å²) in [4.78, 5) is 23.8. The highest BCUT2D eigenvalue weighted by Crippen LogP contribution is 2.37. The van der Waals surface area contributed by atoms with Crippen LogP contribution in [0.3, 0.4) is 0 Å². The molecule has 0 radical (unpaired) electrons. The summed E-state index contributed by atoms with van der Waals surface area (Å²) >= 11 is 0. The van der Waals surface area contributed by atoms with Gasteiger partial charge in [-0.15, -0.1) is 0 Å². The average molecular weight is 361 g/mol. The second-order valence-electron chi connectivity index (χ2n) is 4.91. The van der Waals surface area contributed by atoms with E-state index in [9.17, 15) is 35.9 Å². The Morgan fingerprint density at radius 3 is 1.88 bits per heavy atom. The Kier molecular flexibility index (Phi) is 4.87. The van der Waals surface area contributed by atoms with Gasteiger partial charge in [-0.05, 0) is 30.3 Å². The van der Waals surface area contributed by atoms with E-state index in [4.69, 9.17) is 0 Å². The van der Waals surface area contributed by atoms with Crippen LogP contribution in [0.5, 0.6) is 0 Å². The summed E-state index contributed by atoms with van der Waals surface area (Å²) in [5.41, 5.74) is -4.40. The topological polar surface area (TPSA) is 46.2 Å². The fourth-order valence-electron chi connectivity index (χ4n) is 1.99. The maximum Gasteiger partial charge on any atom is 0.417 e. The van der Waals surface area contributed by atoms with Crippen molar-refractivity contribution in [3.8, 4) is 0 Å². The zero-order chi connectivity index (χ0) is 18.8. The van der Waals surface area contributed by atoms with Crippen LogP contribution in [-0.2, 0) is 12.4 Å². The van der Waals surface area contributed by atoms with Crippen LogP contribution in [-0.4, -0.2) is 11.8 Å². The van der Waals surface area contributed by atoms with Gasteiger partial charge in [-0.1, -0.05) is 18.2 Å². The molecule has 0 saturated carbocycles. The third-order valence-electron chi connectivity index (χ3n) is 3.16. The molecule has 0 aliphatic heterocycles. The van der Waals surface area contributed by atoms with E-state index < -0.39 is 40.9 Å². The van der Waals surface area contributed by atoms with Gasteiger partial charge in [-0.2, -0.15) is 26.3 Å². The molecule has 2 aromatic carbocycles. The lowest BCUT2D eigenvalue weighted by Gasteiger charge is -2.15. The highest BCUT2D eigenvalue weighted by molar-refractivity contribution is 6.10. The van der Waals surface area contributed by atoms with Crippen molar-refractivity contribution in [1.82, 2.24) is 5.32 Å². The molecule has 0 atom stereocenters. The van der Waals surface area contributed by atoms with Gasteiger partial charge in [0.2, 0.25) is 0 Å². The first-order valence-corrected chi connectivity index (χ1v) is 6.69. The summed E-state index contributed by atoms with van der Waals surface area (Å²) in [5, 5.41) is 1.72. The summed E-state index contributed by atoms with van der Waals surface area (Å²) < 4.78 is 76.8. The van der Waals surface area contributed by atoms with Gasteiger partial charge >= 0.3 is 12.4 Å². The minimum Gasteiger partial charge on any atom is -0.288 e. The maximum atomic E-state index is 13.0. The van der Waals surface area contributed by atoms with Crippen molar-refractivity contribution >= 4 is 11.8 Å². The van der Waals surface area contributed by atoms with Crippen molar-refractivity contribution < 1.29 is 35.9 Å². The van der Waals surface area contributed by atoms with Gasteiger partial charge in [-0.25, -0.2) is 0 Å². The number of carbonyl (C=O) groups excluding carboxylic acids is 2. The number of hydrogen-bond acceptors (Lipinski definition) is 2. The van der Waals surface area contributed by atoms with Crippen molar-refractivity contribution in [3.63, 3.8) is 0 Å². The van der Waals surface area contributed by atoms with Crippen molar-refractivity contribution in [3.05, 3.63) is 70.8 Å². The predicted molar refractivity (Wildman–Crippen MR) is 74.7 cm³/mol. The van der Waals surface area contributed by atoms with E-state index >= 15 is 0 Å². The molecule has 0 saturated heterocycles. The first kappa shape index (κ1) is 18.5. The van der Waals surface area contributed by atoms with E-state index in [1.165, 1.54) is 24.3 Å². The molecule has 25 heavy (non-hydrogen) atoms. The van der Waals surface area contributed by atoms with Crippen molar-refractivity contribution in [2.24, 2.45) is 0 Å². The Balaban J connectivity index is 2.37. The summed E-state index contributed by atoms with van der Waals surface area (Å²) in [5.74, 6) is -2.42. The third kappa shape index (κ3) is 4.37. The SMILES string of the molecule is O=C(NC(=O)c1ccc(C(F)(F)F)cc1C(F)(F)F)c1ccccc1. The Morgan fingerprint density at radius 2 is 1.36 bits per heavy atom. The smallest absolute Gasteiger partial charge is 0.288 e. The lowest BCUT2D eigenvalue weighted by molar-refractivity contribution is -0.143. The van der Waals surface area contributed by atoms with Crippen LogP contribution in [0, 0.1) is 0 Å². The number of imide groups is 1. The van der Waals surface area contributed by atoms with E-state index in [-0.39, 0.29) is 11.6 Å². The molecule has 0 spiro atoms. The quantitative estimate of drug-likeness (QED) is 0.641. The Labute approximate surface area is 137 Å². The summed E-state index contributed by atoms with van der Waals surface area (Å²) in [6.07, 6.45) is -10.2. The van der Waals surface area contributed by atoms with E-state index in [0.717, 1.165) is 0 Å². The second-order valence-corrected chi connectivity index (χ2v) is 4.91. The molecule has 0 aliphatic rings. The number of nitrogens with one attached hydrogen (secondary N) is 1. The van der Waals surface area contributed by atoms with Crippen LogP contribution in [0.2, 0.25) is 0 Å². The highest BCUT2D eigenvalue weighted by atomic mass is 19.4. The van der Waals surface area contributed by atoms with Gasteiger partial charge < -0.3 is 0 Å². The molecule has 0 fully saturated rings.